The molecule has 0 bridgehead atoms. The lowest BCUT2D eigenvalue weighted by molar-refractivity contribution is -0.143. The fourth-order valence-corrected chi connectivity index (χ4v) is 0.686. The first kappa shape index (κ1) is 17.2. The topological polar surface area (TPSA) is 81.4 Å². The number of carbonyl (C=O) groups excluding carboxylic acids is 2. The number of aliphatic hydroxyl groups excluding tert-OH is 1. The van der Waals surface area contributed by atoms with Crippen LogP contribution in [0.3, 0.4) is 0 Å². The summed E-state index contributed by atoms with van der Waals surface area (Å²) in [6.45, 7) is 10.9. The van der Waals surface area contributed by atoms with Crippen molar-refractivity contribution in [2.75, 3.05) is 6.73 Å². The van der Waals surface area contributed by atoms with Gasteiger partial charge in [0.1, 0.15) is 6.73 Å². The van der Waals surface area contributed by atoms with Crippen LogP contribution in [0.2, 0.25) is 0 Å². The van der Waals surface area contributed by atoms with Crippen molar-refractivity contribution in [3.05, 3.63) is 37.5 Å². The van der Waals surface area contributed by atoms with Gasteiger partial charge in [0.25, 0.3) is 11.8 Å². The molecule has 0 aromatic heterocycles. The standard InChI is InChI=1S/C9H13NO3.C3H3N/c1-4-7(3)9(13)10(6-11)8(12)5-2;1-2-3-4/h5,11H,2-4,6H2,1H3;2H,1H2. The van der Waals surface area contributed by atoms with Crippen LogP contribution in [0.15, 0.2) is 37.5 Å². The van der Waals surface area contributed by atoms with Crippen molar-refractivity contribution >= 4 is 11.8 Å². The number of carbonyl (C=O) groups is 2. The summed E-state index contributed by atoms with van der Waals surface area (Å²) in [5.41, 5.74) is 0.282. The molecule has 0 atom stereocenters. The zero-order valence-corrected chi connectivity index (χ0v) is 9.85. The SMILES string of the molecule is C=CC#N.C=CC(=O)N(CO)C(=O)C(=C)CC. The largest absolute Gasteiger partial charge is 0.376 e. The maximum absolute atomic E-state index is 11.3. The van der Waals surface area contributed by atoms with Gasteiger partial charge in [0, 0.05) is 11.6 Å². The van der Waals surface area contributed by atoms with Crippen molar-refractivity contribution in [2.24, 2.45) is 0 Å². The molecule has 0 aromatic rings. The Morgan fingerprint density at radius 3 is 2.18 bits per heavy atom. The lowest BCUT2D eigenvalue weighted by atomic mass is 10.2. The fraction of sp³-hybridized carbons (Fsp3) is 0.250. The Hall–Kier alpha value is -2.19. The third-order valence-electron chi connectivity index (χ3n) is 1.65. The molecule has 0 heterocycles. The minimum atomic E-state index is -0.650. The van der Waals surface area contributed by atoms with Crippen molar-refractivity contribution in [3.8, 4) is 6.07 Å². The van der Waals surface area contributed by atoms with Crippen molar-refractivity contribution in [2.45, 2.75) is 13.3 Å². The Morgan fingerprint density at radius 1 is 1.47 bits per heavy atom. The summed E-state index contributed by atoms with van der Waals surface area (Å²) in [7, 11) is 0. The maximum atomic E-state index is 11.3. The first-order chi connectivity index (χ1) is 7.99. The second-order valence-electron chi connectivity index (χ2n) is 2.71. The average molecular weight is 236 g/mol. The quantitative estimate of drug-likeness (QED) is 0.451. The zero-order chi connectivity index (χ0) is 13.8. The highest BCUT2D eigenvalue weighted by Crippen LogP contribution is 2.03. The molecule has 0 rings (SSSR count). The third kappa shape index (κ3) is 6.82. The monoisotopic (exact) mass is 236 g/mol. The van der Waals surface area contributed by atoms with Crippen LogP contribution in [0.5, 0.6) is 0 Å². The second kappa shape index (κ2) is 10.3. The summed E-state index contributed by atoms with van der Waals surface area (Å²) in [6, 6.07) is 1.69. The predicted molar refractivity (Wildman–Crippen MR) is 64.4 cm³/mol. The summed E-state index contributed by atoms with van der Waals surface area (Å²) in [5, 5.41) is 16.2. The molecule has 0 aromatic carbocycles. The molecular formula is C12H16N2O3. The van der Waals surface area contributed by atoms with Gasteiger partial charge in [0.05, 0.1) is 6.07 Å². The Labute approximate surface area is 101 Å². The van der Waals surface area contributed by atoms with E-state index in [1.54, 1.807) is 13.0 Å². The molecule has 5 heteroatoms. The van der Waals surface area contributed by atoms with E-state index in [1.165, 1.54) is 6.08 Å². The van der Waals surface area contributed by atoms with Crippen LogP contribution in [0.25, 0.3) is 0 Å². The lowest BCUT2D eigenvalue weighted by Crippen LogP contribution is -2.37. The van der Waals surface area contributed by atoms with Gasteiger partial charge in [0.15, 0.2) is 0 Å². The van der Waals surface area contributed by atoms with Gasteiger partial charge >= 0.3 is 0 Å². The molecule has 0 saturated carbocycles. The summed E-state index contributed by atoms with van der Waals surface area (Å²) in [4.78, 5) is 23.0. The summed E-state index contributed by atoms with van der Waals surface area (Å²) < 4.78 is 0. The van der Waals surface area contributed by atoms with Crippen LogP contribution < -0.4 is 0 Å². The van der Waals surface area contributed by atoms with Gasteiger partial charge in [-0.1, -0.05) is 26.7 Å². The summed E-state index contributed by atoms with van der Waals surface area (Å²) in [5.74, 6) is -1.18. The summed E-state index contributed by atoms with van der Waals surface area (Å²) in [6.07, 6.45) is 2.59. The number of allylic oxidation sites excluding steroid dienone is 1. The number of aliphatic hydroxyl groups is 1. The van der Waals surface area contributed by atoms with E-state index in [2.05, 4.69) is 19.7 Å². The molecule has 0 unspecified atom stereocenters. The van der Waals surface area contributed by atoms with Crippen molar-refractivity contribution in [3.63, 3.8) is 0 Å². The van der Waals surface area contributed by atoms with Crippen LogP contribution in [0.4, 0.5) is 0 Å². The van der Waals surface area contributed by atoms with E-state index >= 15 is 0 Å². The van der Waals surface area contributed by atoms with Crippen LogP contribution in [0.1, 0.15) is 13.3 Å². The molecule has 5 nitrogen and oxygen atoms in total. The van der Waals surface area contributed by atoms with E-state index < -0.39 is 18.5 Å². The van der Waals surface area contributed by atoms with Crippen LogP contribution in [-0.4, -0.2) is 28.6 Å². The zero-order valence-electron chi connectivity index (χ0n) is 9.85. The highest BCUT2D eigenvalue weighted by atomic mass is 16.3. The summed E-state index contributed by atoms with van der Waals surface area (Å²) >= 11 is 0. The molecule has 2 amide bonds. The smallest absolute Gasteiger partial charge is 0.257 e. The fourth-order valence-electron chi connectivity index (χ4n) is 0.686. The molecule has 0 aliphatic rings. The molecule has 0 saturated heterocycles. The highest BCUT2D eigenvalue weighted by Gasteiger charge is 2.19. The molecule has 92 valence electrons. The Kier molecular flexibility index (Phi) is 10.5. The number of amides is 2. The van der Waals surface area contributed by atoms with E-state index in [1.807, 2.05) is 0 Å². The number of imide groups is 1. The van der Waals surface area contributed by atoms with Gasteiger partial charge in [0.2, 0.25) is 0 Å². The maximum Gasteiger partial charge on any atom is 0.257 e. The predicted octanol–water partition coefficient (Wildman–Crippen LogP) is 1.14. The van der Waals surface area contributed by atoms with Crippen LogP contribution in [0, 0.1) is 11.3 Å². The van der Waals surface area contributed by atoms with Crippen molar-refractivity contribution in [1.82, 2.24) is 4.90 Å². The number of rotatable bonds is 4. The van der Waals surface area contributed by atoms with E-state index in [9.17, 15) is 9.59 Å². The normalized spacial score (nSPS) is 7.82. The molecular weight excluding hydrogens is 220 g/mol. The Balaban J connectivity index is 0. The number of hydrogen-bond acceptors (Lipinski definition) is 4. The van der Waals surface area contributed by atoms with E-state index in [0.717, 1.165) is 6.08 Å². The van der Waals surface area contributed by atoms with Gasteiger partial charge in [-0.15, -0.1) is 0 Å². The molecule has 0 fully saturated rings. The van der Waals surface area contributed by atoms with Crippen LogP contribution in [-0.2, 0) is 9.59 Å². The molecule has 0 aliphatic heterocycles. The van der Waals surface area contributed by atoms with Crippen molar-refractivity contribution < 1.29 is 14.7 Å². The average Bonchev–Trinajstić information content (AvgIpc) is 2.38. The molecule has 17 heavy (non-hydrogen) atoms. The molecule has 0 aliphatic carbocycles. The third-order valence-corrected chi connectivity index (χ3v) is 1.65. The van der Waals surface area contributed by atoms with Gasteiger partial charge in [-0.05, 0) is 12.5 Å². The van der Waals surface area contributed by atoms with Gasteiger partial charge in [-0.25, -0.2) is 0 Å². The molecule has 0 radical (unpaired) electrons. The Morgan fingerprint density at radius 2 is 1.94 bits per heavy atom. The van der Waals surface area contributed by atoms with Crippen molar-refractivity contribution in [1.29, 1.82) is 5.26 Å². The molecule has 1 N–H and O–H groups in total. The van der Waals surface area contributed by atoms with Gasteiger partial charge in [-0.2, -0.15) is 5.26 Å². The van der Waals surface area contributed by atoms with E-state index in [-0.39, 0.29) is 5.57 Å². The molecule has 0 spiro atoms. The second-order valence-corrected chi connectivity index (χ2v) is 2.71. The van der Waals surface area contributed by atoms with E-state index in [4.69, 9.17) is 10.4 Å². The number of hydrogen-bond donors (Lipinski definition) is 1. The first-order valence-electron chi connectivity index (χ1n) is 4.77. The minimum Gasteiger partial charge on any atom is -0.376 e. The van der Waals surface area contributed by atoms with E-state index in [0.29, 0.717) is 11.3 Å². The first-order valence-corrected chi connectivity index (χ1v) is 4.77. The number of nitriles is 1. The van der Waals surface area contributed by atoms with Crippen LogP contribution >= 0.6 is 0 Å². The highest BCUT2D eigenvalue weighted by molar-refractivity contribution is 6.06. The Bertz CT molecular complexity index is 353. The van der Waals surface area contributed by atoms with Gasteiger partial charge < -0.3 is 5.11 Å². The lowest BCUT2D eigenvalue weighted by Gasteiger charge is -2.16. The minimum absolute atomic E-state index is 0.282. The van der Waals surface area contributed by atoms with Gasteiger partial charge in [-0.3, -0.25) is 14.5 Å². The number of nitrogens with zero attached hydrogens (tertiary/aromatic N) is 2.